The monoisotopic (exact) mass is 299 g/mol. The number of carbonyl (C=O) groups is 2. The van der Waals surface area contributed by atoms with E-state index in [1.165, 1.54) is 4.90 Å². The molecule has 0 saturated heterocycles. The highest BCUT2D eigenvalue weighted by Gasteiger charge is 2.16. The number of rotatable bonds is 7. The van der Waals surface area contributed by atoms with Crippen molar-refractivity contribution in [2.75, 3.05) is 20.1 Å². The maximum Gasteiger partial charge on any atom is 0.317 e. The van der Waals surface area contributed by atoms with Gasteiger partial charge in [0, 0.05) is 31.9 Å². The number of carbonyl (C=O) groups excluding carboxylic acids is 1. The predicted molar refractivity (Wildman–Crippen MR) is 78.0 cm³/mol. The molecule has 0 aliphatic heterocycles. The van der Waals surface area contributed by atoms with Gasteiger partial charge in [0.1, 0.15) is 0 Å². The Bertz CT molecular complexity index is 461. The highest BCUT2D eigenvalue weighted by Crippen LogP contribution is 2.10. The third-order valence-electron chi connectivity index (χ3n) is 2.88. The topological polar surface area (TPSA) is 82.5 Å². The van der Waals surface area contributed by atoms with Gasteiger partial charge in [-0.25, -0.2) is 9.78 Å². The van der Waals surface area contributed by atoms with E-state index in [0.29, 0.717) is 13.0 Å². The third-order valence-corrected chi connectivity index (χ3v) is 3.92. The van der Waals surface area contributed by atoms with E-state index in [2.05, 4.69) is 17.2 Å². The van der Waals surface area contributed by atoms with Gasteiger partial charge in [0.2, 0.25) is 0 Å². The minimum absolute atomic E-state index is 0.192. The Morgan fingerprint density at radius 2 is 2.25 bits per heavy atom. The lowest BCUT2D eigenvalue weighted by atomic mass is 10.2. The fourth-order valence-electron chi connectivity index (χ4n) is 1.63. The fraction of sp³-hybridized carbons (Fsp3) is 0.615. The van der Waals surface area contributed by atoms with E-state index in [1.807, 2.05) is 5.38 Å². The summed E-state index contributed by atoms with van der Waals surface area (Å²) in [5.41, 5.74) is 0.980. The molecule has 7 heteroatoms. The fourth-order valence-corrected chi connectivity index (χ4v) is 2.41. The van der Waals surface area contributed by atoms with Crippen LogP contribution in [-0.2, 0) is 17.6 Å². The summed E-state index contributed by atoms with van der Waals surface area (Å²) >= 11 is 1.63. The van der Waals surface area contributed by atoms with Crippen molar-refractivity contribution in [1.29, 1.82) is 0 Å². The van der Waals surface area contributed by atoms with Crippen molar-refractivity contribution < 1.29 is 14.7 Å². The molecule has 0 bridgehead atoms. The molecule has 0 fully saturated rings. The van der Waals surface area contributed by atoms with Crippen molar-refractivity contribution in [3.8, 4) is 0 Å². The molecule has 6 nitrogen and oxygen atoms in total. The van der Waals surface area contributed by atoms with Crippen LogP contribution < -0.4 is 5.32 Å². The first-order valence-electron chi connectivity index (χ1n) is 6.59. The molecule has 20 heavy (non-hydrogen) atoms. The van der Waals surface area contributed by atoms with Gasteiger partial charge in [-0.1, -0.05) is 13.8 Å². The van der Waals surface area contributed by atoms with Crippen molar-refractivity contribution in [2.24, 2.45) is 5.92 Å². The van der Waals surface area contributed by atoms with Gasteiger partial charge in [0.25, 0.3) is 0 Å². The van der Waals surface area contributed by atoms with Crippen LogP contribution >= 0.6 is 11.3 Å². The summed E-state index contributed by atoms with van der Waals surface area (Å²) in [6, 6.07) is -0.260. The minimum atomic E-state index is -0.904. The number of hydrogen-bond acceptors (Lipinski definition) is 4. The molecule has 0 aromatic carbocycles. The quantitative estimate of drug-likeness (QED) is 0.801. The molecule has 1 heterocycles. The number of urea groups is 1. The van der Waals surface area contributed by atoms with E-state index < -0.39 is 11.9 Å². The number of aryl methyl sites for hydroxylation is 1. The molecule has 1 aromatic heterocycles. The van der Waals surface area contributed by atoms with Crippen LogP contribution in [0, 0.1) is 5.92 Å². The molecule has 0 radical (unpaired) electrons. The second-order valence-corrected chi connectivity index (χ2v) is 5.63. The molecule has 1 unspecified atom stereocenters. The Morgan fingerprint density at radius 1 is 1.55 bits per heavy atom. The maximum absolute atomic E-state index is 11.8. The number of nitrogens with one attached hydrogen (secondary N) is 1. The summed E-state index contributed by atoms with van der Waals surface area (Å²) in [5.74, 6) is -1.48. The summed E-state index contributed by atoms with van der Waals surface area (Å²) in [5, 5.41) is 14.7. The molecular formula is C13H21N3O3S. The van der Waals surface area contributed by atoms with E-state index in [4.69, 9.17) is 5.11 Å². The lowest BCUT2D eigenvalue weighted by Gasteiger charge is -2.19. The van der Waals surface area contributed by atoms with Gasteiger partial charge >= 0.3 is 12.0 Å². The zero-order valence-corrected chi connectivity index (χ0v) is 12.9. The number of amides is 2. The zero-order chi connectivity index (χ0) is 15.1. The van der Waals surface area contributed by atoms with Gasteiger partial charge in [-0.3, -0.25) is 4.79 Å². The normalized spacial score (nSPS) is 11.9. The summed E-state index contributed by atoms with van der Waals surface area (Å²) in [6.45, 7) is 4.33. The molecule has 0 aliphatic rings. The van der Waals surface area contributed by atoms with Gasteiger partial charge in [-0.05, 0) is 6.42 Å². The minimum Gasteiger partial charge on any atom is -0.481 e. The first-order chi connectivity index (χ1) is 9.43. The lowest BCUT2D eigenvalue weighted by Crippen LogP contribution is -2.41. The Balaban J connectivity index is 2.30. The first-order valence-corrected chi connectivity index (χ1v) is 7.47. The van der Waals surface area contributed by atoms with E-state index in [1.54, 1.807) is 25.3 Å². The van der Waals surface area contributed by atoms with Gasteiger partial charge in [0.15, 0.2) is 0 Å². The second kappa shape index (κ2) is 7.84. The van der Waals surface area contributed by atoms with Crippen molar-refractivity contribution in [3.05, 3.63) is 16.1 Å². The van der Waals surface area contributed by atoms with Crippen LogP contribution in [0.1, 0.15) is 24.5 Å². The predicted octanol–water partition coefficient (Wildman–Crippen LogP) is 1.61. The molecule has 0 aliphatic carbocycles. The molecule has 0 spiro atoms. The molecule has 2 amide bonds. The number of thiazole rings is 1. The van der Waals surface area contributed by atoms with Gasteiger partial charge in [0.05, 0.1) is 16.6 Å². The average molecular weight is 299 g/mol. The number of carboxylic acids is 1. The summed E-state index contributed by atoms with van der Waals surface area (Å²) in [7, 11) is 1.59. The van der Waals surface area contributed by atoms with Crippen LogP contribution in [0.4, 0.5) is 4.79 Å². The summed E-state index contributed by atoms with van der Waals surface area (Å²) in [6.07, 6.45) is 1.61. The molecule has 0 saturated carbocycles. The number of aliphatic carboxylic acids is 1. The molecule has 1 aromatic rings. The second-order valence-electron chi connectivity index (χ2n) is 4.69. The van der Waals surface area contributed by atoms with Crippen LogP contribution in [0.2, 0.25) is 0 Å². The molecule has 1 rings (SSSR count). The van der Waals surface area contributed by atoms with E-state index >= 15 is 0 Å². The Morgan fingerprint density at radius 3 is 2.80 bits per heavy atom. The van der Waals surface area contributed by atoms with E-state index in [9.17, 15) is 9.59 Å². The van der Waals surface area contributed by atoms with Crippen molar-refractivity contribution >= 4 is 23.3 Å². The van der Waals surface area contributed by atoms with Crippen molar-refractivity contribution in [3.63, 3.8) is 0 Å². The van der Waals surface area contributed by atoms with Crippen LogP contribution in [0.25, 0.3) is 0 Å². The van der Waals surface area contributed by atoms with Crippen molar-refractivity contribution in [2.45, 2.75) is 26.7 Å². The van der Waals surface area contributed by atoms with Gasteiger partial charge in [-0.15, -0.1) is 11.3 Å². The lowest BCUT2D eigenvalue weighted by molar-refractivity contribution is -0.141. The average Bonchev–Trinajstić information content (AvgIpc) is 2.86. The Labute approximate surface area is 122 Å². The number of nitrogens with zero attached hydrogens (tertiary/aromatic N) is 2. The summed E-state index contributed by atoms with van der Waals surface area (Å²) in [4.78, 5) is 28.3. The standard InChI is InChI=1S/C13H21N3O3S/c1-4-11-15-10(8-20-11)5-6-14-13(19)16(3)7-9(2)12(17)18/h8-9H,4-7H2,1-3H3,(H,14,19)(H,17,18). The number of hydrogen-bond donors (Lipinski definition) is 2. The van der Waals surface area contributed by atoms with Crippen LogP contribution in [-0.4, -0.2) is 47.1 Å². The maximum atomic E-state index is 11.8. The Kier molecular flexibility index (Phi) is 6.44. The van der Waals surface area contributed by atoms with Crippen LogP contribution in [0.15, 0.2) is 5.38 Å². The molecule has 2 N–H and O–H groups in total. The van der Waals surface area contributed by atoms with Gasteiger partial charge < -0.3 is 15.3 Å². The van der Waals surface area contributed by atoms with Crippen LogP contribution in [0.3, 0.4) is 0 Å². The summed E-state index contributed by atoms with van der Waals surface area (Å²) < 4.78 is 0. The highest BCUT2D eigenvalue weighted by molar-refractivity contribution is 7.09. The number of carboxylic acid groups (broad SMARTS) is 1. The van der Waals surface area contributed by atoms with Crippen LogP contribution in [0.5, 0.6) is 0 Å². The SMILES string of the molecule is CCc1nc(CCNC(=O)N(C)CC(C)C(=O)O)cs1. The zero-order valence-electron chi connectivity index (χ0n) is 12.0. The van der Waals surface area contributed by atoms with Gasteiger partial charge in [-0.2, -0.15) is 0 Å². The molecular weight excluding hydrogens is 278 g/mol. The Hall–Kier alpha value is -1.63. The molecule has 112 valence electrons. The largest absolute Gasteiger partial charge is 0.481 e. The third kappa shape index (κ3) is 5.16. The molecule has 1 atom stereocenters. The highest BCUT2D eigenvalue weighted by atomic mass is 32.1. The number of aromatic nitrogens is 1. The first kappa shape index (κ1) is 16.4. The van der Waals surface area contributed by atoms with E-state index in [0.717, 1.165) is 17.1 Å². The smallest absolute Gasteiger partial charge is 0.317 e. The van der Waals surface area contributed by atoms with Crippen molar-refractivity contribution in [1.82, 2.24) is 15.2 Å². The van der Waals surface area contributed by atoms with E-state index in [-0.39, 0.29) is 12.6 Å².